The number of fused-ring (bicyclic) bond motifs is 1. The van der Waals surface area contributed by atoms with E-state index in [4.69, 9.17) is 10.5 Å². The molecule has 156 valence electrons. The summed E-state index contributed by atoms with van der Waals surface area (Å²) in [6.45, 7) is 3.53. The van der Waals surface area contributed by atoms with Gasteiger partial charge in [-0.3, -0.25) is 4.98 Å². The number of rotatable bonds is 5. The Hall–Kier alpha value is -3.42. The van der Waals surface area contributed by atoms with Gasteiger partial charge in [0, 0.05) is 12.2 Å². The predicted molar refractivity (Wildman–Crippen MR) is 115 cm³/mol. The highest BCUT2D eigenvalue weighted by atomic mass is 16.5. The molecule has 8 heteroatoms. The van der Waals surface area contributed by atoms with E-state index in [1.54, 1.807) is 13.1 Å². The number of nitrogen functional groups attached to an aromatic ring is 1. The molecule has 1 aliphatic carbocycles. The van der Waals surface area contributed by atoms with Crippen LogP contribution in [0.5, 0.6) is 5.75 Å². The molecule has 0 unspecified atom stereocenters. The van der Waals surface area contributed by atoms with Crippen LogP contribution in [-0.4, -0.2) is 38.2 Å². The lowest BCUT2D eigenvalue weighted by atomic mass is 9.93. The van der Waals surface area contributed by atoms with Crippen molar-refractivity contribution in [3.63, 3.8) is 0 Å². The van der Waals surface area contributed by atoms with Crippen LogP contribution in [0.1, 0.15) is 47.6 Å². The summed E-state index contributed by atoms with van der Waals surface area (Å²) in [7, 11) is 0. The fourth-order valence-corrected chi connectivity index (χ4v) is 4.06. The topological polar surface area (TPSA) is 123 Å². The summed E-state index contributed by atoms with van der Waals surface area (Å²) in [5.41, 5.74) is 7.50. The van der Waals surface area contributed by atoms with E-state index >= 15 is 0 Å². The molecule has 1 aliphatic rings. The first-order chi connectivity index (χ1) is 14.4. The second kappa shape index (κ2) is 8.14. The van der Waals surface area contributed by atoms with Gasteiger partial charge in [0.2, 0.25) is 0 Å². The largest absolute Gasteiger partial charge is 0.490 e. The minimum absolute atomic E-state index is 0.0339. The van der Waals surface area contributed by atoms with E-state index in [1.165, 1.54) is 0 Å². The van der Waals surface area contributed by atoms with Crippen molar-refractivity contribution in [1.29, 1.82) is 0 Å². The minimum Gasteiger partial charge on any atom is -0.490 e. The first-order valence-electron chi connectivity index (χ1n) is 10.1. The highest BCUT2D eigenvalue weighted by Gasteiger charge is 2.25. The molecule has 1 aromatic carbocycles. The fraction of sp³-hybridized carbons (Fsp3) is 0.364. The summed E-state index contributed by atoms with van der Waals surface area (Å²) in [4.78, 5) is 24.6. The summed E-state index contributed by atoms with van der Waals surface area (Å²) in [6, 6.07) is 7.72. The van der Waals surface area contributed by atoms with Gasteiger partial charge in [-0.15, -0.1) is 0 Å². The SMILES string of the molecule is Cc1nccc(N[C@H]2CC[C@H](Oc3cccc4nc(C)c(C(=O)O)c(N)c34)CC2)n1. The molecular formula is C22H25N5O3. The van der Waals surface area contributed by atoms with Crippen LogP contribution in [0, 0.1) is 13.8 Å². The summed E-state index contributed by atoms with van der Waals surface area (Å²) in [6.07, 6.45) is 5.45. The van der Waals surface area contributed by atoms with Crippen molar-refractivity contribution >= 4 is 28.4 Å². The molecule has 1 saturated carbocycles. The maximum atomic E-state index is 11.6. The van der Waals surface area contributed by atoms with Gasteiger partial charge >= 0.3 is 5.97 Å². The molecule has 8 nitrogen and oxygen atoms in total. The Bertz CT molecular complexity index is 1090. The molecule has 2 aromatic heterocycles. The molecule has 30 heavy (non-hydrogen) atoms. The maximum absolute atomic E-state index is 11.6. The predicted octanol–water partition coefficient (Wildman–Crippen LogP) is 3.72. The molecule has 1 fully saturated rings. The van der Waals surface area contributed by atoms with Gasteiger partial charge in [0.15, 0.2) is 0 Å². The summed E-state index contributed by atoms with van der Waals surface area (Å²) in [5.74, 6) is 1.09. The number of nitrogens with one attached hydrogen (secondary N) is 1. The number of hydrogen-bond donors (Lipinski definition) is 3. The van der Waals surface area contributed by atoms with E-state index < -0.39 is 5.97 Å². The Labute approximate surface area is 174 Å². The van der Waals surface area contributed by atoms with E-state index in [0.717, 1.165) is 37.3 Å². The van der Waals surface area contributed by atoms with Crippen molar-refractivity contribution < 1.29 is 14.6 Å². The Morgan fingerprint density at radius 2 is 1.93 bits per heavy atom. The highest BCUT2D eigenvalue weighted by Crippen LogP contribution is 2.35. The number of aryl methyl sites for hydroxylation is 2. The third kappa shape index (κ3) is 3.98. The number of nitrogens with two attached hydrogens (primary N) is 1. The number of hydrogen-bond acceptors (Lipinski definition) is 7. The second-order valence-corrected chi connectivity index (χ2v) is 7.67. The number of aromatic carboxylic acids is 1. The van der Waals surface area contributed by atoms with Crippen LogP contribution >= 0.6 is 0 Å². The van der Waals surface area contributed by atoms with Crippen molar-refractivity contribution in [3.05, 3.63) is 47.5 Å². The Balaban J connectivity index is 1.49. The van der Waals surface area contributed by atoms with Gasteiger partial charge in [0.05, 0.1) is 28.4 Å². The number of benzene rings is 1. The number of carboxylic acids is 1. The van der Waals surface area contributed by atoms with Crippen LogP contribution in [0.3, 0.4) is 0 Å². The highest BCUT2D eigenvalue weighted by molar-refractivity contribution is 6.06. The molecule has 0 saturated heterocycles. The molecule has 0 bridgehead atoms. The van der Waals surface area contributed by atoms with Gasteiger partial charge in [-0.05, 0) is 57.7 Å². The normalized spacial score (nSPS) is 18.9. The maximum Gasteiger partial charge on any atom is 0.339 e. The fourth-order valence-electron chi connectivity index (χ4n) is 4.06. The zero-order valence-corrected chi connectivity index (χ0v) is 17.1. The standard InChI is InChI=1S/C22H25N5O3/c1-12-19(22(28)29)21(23)20-16(25-12)4-3-5-17(20)30-15-8-6-14(7-9-15)27-18-10-11-24-13(2)26-18/h3-5,10-11,14-15H,6-9H2,1-2H3,(H2,23,25)(H,28,29)(H,24,26,27)/t14-,15-. The quantitative estimate of drug-likeness (QED) is 0.585. The molecule has 0 aliphatic heterocycles. The van der Waals surface area contributed by atoms with E-state index in [1.807, 2.05) is 31.2 Å². The third-order valence-electron chi connectivity index (χ3n) is 5.50. The van der Waals surface area contributed by atoms with Crippen molar-refractivity contribution in [2.75, 3.05) is 11.1 Å². The first kappa shape index (κ1) is 19.9. The van der Waals surface area contributed by atoms with E-state index in [9.17, 15) is 9.90 Å². The van der Waals surface area contributed by atoms with Gasteiger partial charge in [0.1, 0.15) is 23.0 Å². The molecule has 0 spiro atoms. The van der Waals surface area contributed by atoms with E-state index in [2.05, 4.69) is 20.3 Å². The Kier molecular flexibility index (Phi) is 5.39. The number of anilines is 2. The number of carbonyl (C=O) groups is 1. The first-order valence-corrected chi connectivity index (χ1v) is 10.1. The number of ether oxygens (including phenoxy) is 1. The van der Waals surface area contributed by atoms with Crippen molar-refractivity contribution in [2.45, 2.75) is 51.7 Å². The molecule has 4 rings (SSSR count). The van der Waals surface area contributed by atoms with Crippen LogP contribution in [-0.2, 0) is 0 Å². The lowest BCUT2D eigenvalue weighted by Gasteiger charge is -2.30. The average Bonchev–Trinajstić information content (AvgIpc) is 2.69. The monoisotopic (exact) mass is 407 g/mol. The van der Waals surface area contributed by atoms with Crippen LogP contribution < -0.4 is 15.8 Å². The smallest absolute Gasteiger partial charge is 0.339 e. The zero-order valence-electron chi connectivity index (χ0n) is 17.1. The van der Waals surface area contributed by atoms with Crippen molar-refractivity contribution in [2.24, 2.45) is 0 Å². The van der Waals surface area contributed by atoms with Gasteiger partial charge in [0.25, 0.3) is 0 Å². The molecule has 2 heterocycles. The minimum atomic E-state index is -1.08. The number of carboxylic acid groups (broad SMARTS) is 1. The Morgan fingerprint density at radius 1 is 1.17 bits per heavy atom. The van der Waals surface area contributed by atoms with Gasteiger partial charge in [-0.25, -0.2) is 14.8 Å². The van der Waals surface area contributed by atoms with Crippen LogP contribution in [0.15, 0.2) is 30.5 Å². The Morgan fingerprint density at radius 3 is 2.63 bits per heavy atom. The molecular weight excluding hydrogens is 382 g/mol. The van der Waals surface area contributed by atoms with Crippen molar-refractivity contribution in [3.8, 4) is 5.75 Å². The van der Waals surface area contributed by atoms with Gasteiger partial charge in [-0.2, -0.15) is 0 Å². The summed E-state index contributed by atoms with van der Waals surface area (Å²) in [5, 5.41) is 13.5. The molecule has 0 amide bonds. The third-order valence-corrected chi connectivity index (χ3v) is 5.50. The molecule has 0 atom stereocenters. The summed E-state index contributed by atoms with van der Waals surface area (Å²) >= 11 is 0. The van der Waals surface area contributed by atoms with Crippen LogP contribution in [0.25, 0.3) is 10.9 Å². The molecule has 3 aromatic rings. The van der Waals surface area contributed by atoms with Gasteiger partial charge < -0.3 is 20.9 Å². The average molecular weight is 407 g/mol. The van der Waals surface area contributed by atoms with Crippen LogP contribution in [0.4, 0.5) is 11.5 Å². The second-order valence-electron chi connectivity index (χ2n) is 7.67. The molecule has 4 N–H and O–H groups in total. The van der Waals surface area contributed by atoms with E-state index in [0.29, 0.717) is 28.4 Å². The lowest BCUT2D eigenvalue weighted by molar-refractivity contribution is 0.0697. The number of pyridine rings is 1. The van der Waals surface area contributed by atoms with E-state index in [-0.39, 0.29) is 17.4 Å². The van der Waals surface area contributed by atoms with Crippen LogP contribution in [0.2, 0.25) is 0 Å². The lowest BCUT2D eigenvalue weighted by Crippen LogP contribution is -2.31. The molecule has 0 radical (unpaired) electrons. The van der Waals surface area contributed by atoms with Gasteiger partial charge in [-0.1, -0.05) is 6.07 Å². The zero-order chi connectivity index (χ0) is 21.3. The number of aromatic nitrogens is 3. The number of nitrogens with zero attached hydrogens (tertiary/aromatic N) is 3. The van der Waals surface area contributed by atoms with Crippen molar-refractivity contribution in [1.82, 2.24) is 15.0 Å². The summed E-state index contributed by atoms with van der Waals surface area (Å²) < 4.78 is 6.28.